The highest BCUT2D eigenvalue weighted by Gasteiger charge is 2.58. The number of aromatic nitrogens is 1. The lowest BCUT2D eigenvalue weighted by atomic mass is 9.58. The molecule has 1 aromatic carbocycles. The van der Waals surface area contributed by atoms with E-state index in [0.717, 1.165) is 54.5 Å². The van der Waals surface area contributed by atoms with E-state index in [9.17, 15) is 19.7 Å². The third-order valence-electron chi connectivity index (χ3n) is 9.54. The van der Waals surface area contributed by atoms with Gasteiger partial charge in [-0.2, -0.15) is 0 Å². The van der Waals surface area contributed by atoms with Crippen LogP contribution in [-0.2, 0) is 19.0 Å². The zero-order valence-electron chi connectivity index (χ0n) is 24.2. The summed E-state index contributed by atoms with van der Waals surface area (Å²) in [4.78, 5) is 33.8. The number of phenolic OH excluding ortho intramolecular Hbond substituents is 1. The Hall–Kier alpha value is -3.27. The summed E-state index contributed by atoms with van der Waals surface area (Å²) in [5.74, 6) is -1.08. The van der Waals surface area contributed by atoms with Gasteiger partial charge in [0.25, 0.3) is 0 Å². The van der Waals surface area contributed by atoms with E-state index in [2.05, 4.69) is 4.98 Å². The topological polar surface area (TPSA) is 109 Å². The number of methoxy groups -OCH3 is 1. The molecule has 3 fully saturated rings. The molecule has 4 aliphatic rings. The lowest BCUT2D eigenvalue weighted by Crippen LogP contribution is -2.47. The summed E-state index contributed by atoms with van der Waals surface area (Å²) in [5, 5.41) is 21.4. The predicted molar refractivity (Wildman–Crippen MR) is 160 cm³/mol. The molecule has 6 rings (SSSR count). The fourth-order valence-electron chi connectivity index (χ4n) is 7.70. The van der Waals surface area contributed by atoms with Crippen molar-refractivity contribution in [2.45, 2.75) is 69.8 Å². The number of hydrogen-bond acceptors (Lipinski definition) is 7. The van der Waals surface area contributed by atoms with Gasteiger partial charge in [-0.25, -0.2) is 0 Å². The molecular formula is C33H39BN2O6. The number of benzene rings is 1. The number of aromatic hydroxyl groups is 1. The van der Waals surface area contributed by atoms with Crippen LogP contribution in [0.3, 0.4) is 0 Å². The number of rotatable bonds is 8. The molecular weight excluding hydrogens is 531 g/mol. The van der Waals surface area contributed by atoms with Gasteiger partial charge < -0.3 is 19.5 Å². The molecule has 0 unspecified atom stereocenters. The second-order valence-corrected chi connectivity index (χ2v) is 12.1. The van der Waals surface area contributed by atoms with E-state index < -0.39 is 25.1 Å². The van der Waals surface area contributed by atoms with Crippen molar-refractivity contribution in [3.8, 4) is 5.75 Å². The van der Waals surface area contributed by atoms with Gasteiger partial charge in [-0.05, 0) is 85.3 Å². The van der Waals surface area contributed by atoms with Gasteiger partial charge in [0.15, 0.2) is 0 Å². The molecule has 2 N–H and O–H groups in total. The average Bonchev–Trinajstić information content (AvgIpc) is 3.26. The van der Waals surface area contributed by atoms with Crippen LogP contribution in [0, 0.1) is 17.8 Å². The normalized spacial score (nSPS) is 27.0. The average molecular weight is 570 g/mol. The summed E-state index contributed by atoms with van der Waals surface area (Å²) in [6.07, 6.45) is 10.1. The summed E-state index contributed by atoms with van der Waals surface area (Å²) < 4.78 is 11.8. The van der Waals surface area contributed by atoms with Crippen molar-refractivity contribution in [1.29, 1.82) is 0 Å². The van der Waals surface area contributed by atoms with Crippen LogP contribution in [0.4, 0.5) is 0 Å². The quantitative estimate of drug-likeness (QED) is 0.265. The summed E-state index contributed by atoms with van der Waals surface area (Å²) in [7, 11) is 0.616. The van der Waals surface area contributed by atoms with Crippen molar-refractivity contribution < 1.29 is 29.1 Å². The van der Waals surface area contributed by atoms with Crippen LogP contribution < -0.4 is 0 Å². The molecule has 220 valence electrons. The number of fused-ring (bicyclic) bond motifs is 3. The van der Waals surface area contributed by atoms with Crippen LogP contribution in [-0.4, -0.2) is 64.8 Å². The maximum atomic E-state index is 14.0. The van der Waals surface area contributed by atoms with Gasteiger partial charge in [0.05, 0.1) is 30.2 Å². The van der Waals surface area contributed by atoms with Gasteiger partial charge in [0.1, 0.15) is 5.75 Å². The number of phenols is 1. The first kappa shape index (κ1) is 28.8. The number of para-hydroxylation sites is 1. The number of ether oxygens (including phenoxy) is 1. The van der Waals surface area contributed by atoms with E-state index in [0.29, 0.717) is 37.8 Å². The first-order chi connectivity index (χ1) is 20.5. The van der Waals surface area contributed by atoms with Gasteiger partial charge in [0, 0.05) is 24.9 Å². The number of allylic oxidation sites excluding steroid dienone is 1. The summed E-state index contributed by atoms with van der Waals surface area (Å²) in [5.41, 5.74) is 4.44. The Morgan fingerprint density at radius 1 is 1.10 bits per heavy atom. The molecule has 8 nitrogen and oxygen atoms in total. The lowest BCUT2D eigenvalue weighted by molar-refractivity contribution is -0.143. The second kappa shape index (κ2) is 12.5. The molecule has 2 saturated heterocycles. The van der Waals surface area contributed by atoms with Gasteiger partial charge in [-0.15, -0.1) is 0 Å². The van der Waals surface area contributed by atoms with Crippen LogP contribution in [0.25, 0.3) is 11.6 Å². The van der Waals surface area contributed by atoms with Crippen LogP contribution >= 0.6 is 0 Å². The fourth-order valence-corrected chi connectivity index (χ4v) is 7.70. The smallest absolute Gasteiger partial charge is 0.455 e. The van der Waals surface area contributed by atoms with E-state index in [1.54, 1.807) is 30.3 Å². The Bertz CT molecular complexity index is 1370. The lowest BCUT2D eigenvalue weighted by Gasteiger charge is -2.43. The van der Waals surface area contributed by atoms with Crippen molar-refractivity contribution in [1.82, 2.24) is 9.88 Å². The number of carbonyl (C=O) groups is 2. The van der Waals surface area contributed by atoms with Gasteiger partial charge >= 0.3 is 7.12 Å². The maximum absolute atomic E-state index is 14.0. The van der Waals surface area contributed by atoms with E-state index in [-0.39, 0.29) is 29.5 Å². The standard InChI is InChI=1S/C33H39BN2O6/c1-41-20-23-18-25-31(33(39)36(32(25)38)24-10-3-2-4-11-24)26-19-34(40)42-29(30(23)26)15-14-21(27-12-7-8-16-35-27)17-22-9-5-6-13-28(22)37/h5-9,12-13,16-17,24-26,29,31,37,40H,2-4,10-11,14-15,18-20H2,1H3/b21-17-/t25-,26+,29-,31-/m1/s1. The fraction of sp³-hybridized carbons (Fsp3) is 0.485. The Balaban J connectivity index is 1.31. The highest BCUT2D eigenvalue weighted by Crippen LogP contribution is 2.51. The predicted octanol–water partition coefficient (Wildman–Crippen LogP) is 4.88. The highest BCUT2D eigenvalue weighted by atomic mass is 16.5. The van der Waals surface area contributed by atoms with Crippen LogP contribution in [0.15, 0.2) is 59.8 Å². The molecule has 0 radical (unpaired) electrons. The van der Waals surface area contributed by atoms with E-state index in [1.807, 2.05) is 36.4 Å². The SMILES string of the molecule is COCC1=C2[C@@H](CC/C(=C/c3ccccc3O)c3ccccn3)OB(O)C[C@@H]2[C@@H]2C(=O)N(C3CCCCC3)C(=O)[C@@H]2C1. The maximum Gasteiger partial charge on any atom is 0.455 e. The number of imide groups is 1. The number of carbonyl (C=O) groups excluding carboxylic acids is 2. The summed E-state index contributed by atoms with van der Waals surface area (Å²) in [6, 6.07) is 12.9. The molecule has 0 bridgehead atoms. The van der Waals surface area contributed by atoms with Crippen LogP contribution in [0.1, 0.15) is 62.6 Å². The monoisotopic (exact) mass is 570 g/mol. The zero-order chi connectivity index (χ0) is 29.2. The molecule has 3 heterocycles. The van der Waals surface area contributed by atoms with Gasteiger partial charge in [0.2, 0.25) is 11.8 Å². The number of nitrogens with zero attached hydrogens (tertiary/aromatic N) is 2. The number of hydrogen-bond donors (Lipinski definition) is 2. The second-order valence-electron chi connectivity index (χ2n) is 12.1. The molecule has 2 amide bonds. The van der Waals surface area contributed by atoms with Crippen LogP contribution in [0.2, 0.25) is 6.32 Å². The van der Waals surface area contributed by atoms with Crippen molar-refractivity contribution in [3.63, 3.8) is 0 Å². The Kier molecular flexibility index (Phi) is 8.61. The number of pyridine rings is 1. The largest absolute Gasteiger partial charge is 0.507 e. The molecule has 2 aliphatic heterocycles. The molecule has 42 heavy (non-hydrogen) atoms. The summed E-state index contributed by atoms with van der Waals surface area (Å²) in [6.45, 7) is 0.358. The first-order valence-electron chi connectivity index (χ1n) is 15.3. The third kappa shape index (κ3) is 5.57. The Morgan fingerprint density at radius 2 is 1.88 bits per heavy atom. The molecule has 2 aliphatic carbocycles. The summed E-state index contributed by atoms with van der Waals surface area (Å²) >= 11 is 0. The van der Waals surface area contributed by atoms with Crippen LogP contribution in [0.5, 0.6) is 5.75 Å². The van der Waals surface area contributed by atoms with Crippen molar-refractivity contribution >= 4 is 30.6 Å². The highest BCUT2D eigenvalue weighted by molar-refractivity contribution is 6.43. The number of amides is 2. The third-order valence-corrected chi connectivity index (χ3v) is 9.54. The molecule has 0 spiro atoms. The van der Waals surface area contributed by atoms with E-state index in [4.69, 9.17) is 9.39 Å². The molecule has 4 atom stereocenters. The molecule has 9 heteroatoms. The Labute approximate surface area is 247 Å². The number of likely N-dealkylation sites (tertiary alicyclic amines) is 1. The van der Waals surface area contributed by atoms with Crippen molar-refractivity contribution in [2.75, 3.05) is 13.7 Å². The molecule has 1 saturated carbocycles. The van der Waals surface area contributed by atoms with E-state index in [1.165, 1.54) is 0 Å². The zero-order valence-corrected chi connectivity index (χ0v) is 24.2. The minimum absolute atomic E-state index is 0.0142. The molecule has 1 aromatic heterocycles. The van der Waals surface area contributed by atoms with Crippen molar-refractivity contribution in [3.05, 3.63) is 71.1 Å². The van der Waals surface area contributed by atoms with Gasteiger partial charge in [-0.3, -0.25) is 19.5 Å². The Morgan fingerprint density at radius 3 is 2.62 bits per heavy atom. The minimum Gasteiger partial charge on any atom is -0.507 e. The minimum atomic E-state index is -1.03. The molecule has 2 aromatic rings. The first-order valence-corrected chi connectivity index (χ1v) is 15.3. The van der Waals surface area contributed by atoms with Crippen molar-refractivity contribution in [2.24, 2.45) is 17.8 Å². The van der Waals surface area contributed by atoms with Gasteiger partial charge in [-0.1, -0.05) is 43.5 Å². The van der Waals surface area contributed by atoms with E-state index >= 15 is 0 Å².